The van der Waals surface area contributed by atoms with E-state index in [0.717, 1.165) is 16.7 Å². The quantitative estimate of drug-likeness (QED) is 0.818. The number of oxazole rings is 1. The topological polar surface area (TPSA) is 52.0 Å². The highest BCUT2D eigenvalue weighted by atomic mass is 16.3. The van der Waals surface area contributed by atoms with Crippen LogP contribution in [0.5, 0.6) is 0 Å². The molecule has 15 heavy (non-hydrogen) atoms. The van der Waals surface area contributed by atoms with E-state index in [-0.39, 0.29) is 6.04 Å². The van der Waals surface area contributed by atoms with Crippen molar-refractivity contribution in [2.45, 2.75) is 26.8 Å². The molecule has 80 valence electrons. The van der Waals surface area contributed by atoms with Crippen molar-refractivity contribution < 1.29 is 4.42 Å². The van der Waals surface area contributed by atoms with E-state index in [1.165, 1.54) is 0 Å². The molecule has 0 bridgehead atoms. The second kappa shape index (κ2) is 3.66. The van der Waals surface area contributed by atoms with E-state index in [9.17, 15) is 0 Å². The summed E-state index contributed by atoms with van der Waals surface area (Å²) in [5.41, 5.74) is 8.84. The summed E-state index contributed by atoms with van der Waals surface area (Å²) < 4.78 is 5.69. The molecule has 0 radical (unpaired) electrons. The molecule has 0 aliphatic rings. The van der Waals surface area contributed by atoms with Gasteiger partial charge in [0.15, 0.2) is 5.58 Å². The zero-order chi connectivity index (χ0) is 11.0. The molecular formula is C12H16N2O. The van der Waals surface area contributed by atoms with Gasteiger partial charge in [0.25, 0.3) is 0 Å². The molecule has 0 amide bonds. The third-order valence-electron chi connectivity index (χ3n) is 2.63. The molecule has 0 spiro atoms. The molecule has 3 nitrogen and oxygen atoms in total. The Morgan fingerprint density at radius 1 is 1.33 bits per heavy atom. The predicted octanol–water partition coefficient (Wildman–Crippen LogP) is 2.79. The molecule has 2 rings (SSSR count). The molecule has 1 unspecified atom stereocenters. The van der Waals surface area contributed by atoms with Crippen LogP contribution in [-0.4, -0.2) is 4.98 Å². The zero-order valence-electron chi connectivity index (χ0n) is 9.32. The largest absolute Gasteiger partial charge is 0.439 e. The molecule has 2 N–H and O–H groups in total. The normalized spacial score (nSPS) is 13.7. The minimum absolute atomic E-state index is 0.128. The van der Waals surface area contributed by atoms with Crippen molar-refractivity contribution >= 4 is 11.1 Å². The van der Waals surface area contributed by atoms with E-state index < -0.39 is 0 Å². The van der Waals surface area contributed by atoms with E-state index in [2.05, 4.69) is 18.8 Å². The number of hydrogen-bond donors (Lipinski definition) is 1. The second-order valence-corrected chi connectivity index (χ2v) is 4.25. The van der Waals surface area contributed by atoms with Crippen molar-refractivity contribution in [3.05, 3.63) is 29.7 Å². The van der Waals surface area contributed by atoms with Gasteiger partial charge in [-0.1, -0.05) is 26.0 Å². The predicted molar refractivity (Wildman–Crippen MR) is 60.5 cm³/mol. The highest BCUT2D eigenvalue weighted by Crippen LogP contribution is 2.24. The van der Waals surface area contributed by atoms with Crippen LogP contribution in [0, 0.1) is 12.8 Å². The fourth-order valence-corrected chi connectivity index (χ4v) is 1.53. The number of nitrogens with two attached hydrogens (primary N) is 1. The summed E-state index contributed by atoms with van der Waals surface area (Å²) in [4.78, 5) is 4.40. The van der Waals surface area contributed by atoms with E-state index in [1.807, 2.05) is 25.1 Å². The third kappa shape index (κ3) is 1.75. The lowest BCUT2D eigenvalue weighted by molar-refractivity contribution is 0.402. The average molecular weight is 204 g/mol. The number of hydrogen-bond acceptors (Lipinski definition) is 3. The highest BCUT2D eigenvalue weighted by molar-refractivity contribution is 5.76. The van der Waals surface area contributed by atoms with Crippen molar-refractivity contribution in [2.24, 2.45) is 11.7 Å². The van der Waals surface area contributed by atoms with Crippen molar-refractivity contribution in [3.8, 4) is 0 Å². The van der Waals surface area contributed by atoms with Crippen LogP contribution in [-0.2, 0) is 0 Å². The Labute approximate surface area is 89.3 Å². The Hall–Kier alpha value is -1.35. The lowest BCUT2D eigenvalue weighted by Gasteiger charge is -2.10. The van der Waals surface area contributed by atoms with Crippen LogP contribution in [0.4, 0.5) is 0 Å². The standard InChI is InChI=1S/C12H16N2O/c1-7(2)10(13)12-14-9-6-4-5-8(3)11(9)15-12/h4-7,10H,13H2,1-3H3. The van der Waals surface area contributed by atoms with Crippen LogP contribution in [0.1, 0.15) is 31.3 Å². The smallest absolute Gasteiger partial charge is 0.212 e. The summed E-state index contributed by atoms with van der Waals surface area (Å²) >= 11 is 0. The Bertz CT molecular complexity index is 473. The van der Waals surface area contributed by atoms with E-state index in [1.54, 1.807) is 0 Å². The molecule has 0 saturated carbocycles. The average Bonchev–Trinajstić information content (AvgIpc) is 2.61. The van der Waals surface area contributed by atoms with Crippen LogP contribution in [0.25, 0.3) is 11.1 Å². The summed E-state index contributed by atoms with van der Waals surface area (Å²) in [6.45, 7) is 6.14. The minimum Gasteiger partial charge on any atom is -0.439 e. The lowest BCUT2D eigenvalue weighted by atomic mass is 10.1. The van der Waals surface area contributed by atoms with Crippen molar-refractivity contribution in [3.63, 3.8) is 0 Å². The minimum atomic E-state index is -0.128. The van der Waals surface area contributed by atoms with Crippen LogP contribution in [0.2, 0.25) is 0 Å². The number of aromatic nitrogens is 1. The summed E-state index contributed by atoms with van der Waals surface area (Å²) in [5, 5.41) is 0. The molecule has 1 aromatic heterocycles. The fraction of sp³-hybridized carbons (Fsp3) is 0.417. The molecule has 2 aromatic rings. The third-order valence-corrected chi connectivity index (χ3v) is 2.63. The first-order valence-corrected chi connectivity index (χ1v) is 5.21. The Balaban J connectivity index is 2.52. The summed E-state index contributed by atoms with van der Waals surface area (Å²) in [6, 6.07) is 5.81. The van der Waals surface area contributed by atoms with Gasteiger partial charge in [0.05, 0.1) is 6.04 Å². The molecule has 1 atom stereocenters. The first kappa shape index (κ1) is 10.2. The van der Waals surface area contributed by atoms with Gasteiger partial charge in [-0.05, 0) is 24.5 Å². The molecule has 0 aliphatic heterocycles. The number of para-hydroxylation sites is 1. The van der Waals surface area contributed by atoms with Gasteiger partial charge in [0.2, 0.25) is 5.89 Å². The first-order valence-electron chi connectivity index (χ1n) is 5.21. The van der Waals surface area contributed by atoms with Crippen molar-refractivity contribution in [2.75, 3.05) is 0 Å². The molecule has 3 heteroatoms. The van der Waals surface area contributed by atoms with Crippen molar-refractivity contribution in [1.29, 1.82) is 0 Å². The maximum absolute atomic E-state index is 6.00. The SMILES string of the molecule is Cc1cccc2nc(C(N)C(C)C)oc12. The van der Waals surface area contributed by atoms with Gasteiger partial charge >= 0.3 is 0 Å². The maximum Gasteiger partial charge on any atom is 0.212 e. The first-order chi connectivity index (χ1) is 7.09. The van der Waals surface area contributed by atoms with Crippen LogP contribution in [0.3, 0.4) is 0 Å². The maximum atomic E-state index is 6.00. The number of aryl methyl sites for hydroxylation is 1. The molecule has 0 saturated heterocycles. The van der Waals surface area contributed by atoms with Gasteiger partial charge in [0.1, 0.15) is 5.52 Å². The Morgan fingerprint density at radius 2 is 2.07 bits per heavy atom. The van der Waals surface area contributed by atoms with E-state index in [4.69, 9.17) is 10.2 Å². The molecule has 0 fully saturated rings. The van der Waals surface area contributed by atoms with Gasteiger partial charge in [-0.2, -0.15) is 0 Å². The van der Waals surface area contributed by atoms with E-state index >= 15 is 0 Å². The Morgan fingerprint density at radius 3 is 2.67 bits per heavy atom. The van der Waals surface area contributed by atoms with Gasteiger partial charge < -0.3 is 10.2 Å². The number of rotatable bonds is 2. The number of benzene rings is 1. The lowest BCUT2D eigenvalue weighted by Crippen LogP contribution is -2.16. The monoisotopic (exact) mass is 204 g/mol. The summed E-state index contributed by atoms with van der Waals surface area (Å²) in [5.74, 6) is 0.965. The second-order valence-electron chi connectivity index (χ2n) is 4.25. The Kier molecular flexibility index (Phi) is 2.49. The van der Waals surface area contributed by atoms with E-state index in [0.29, 0.717) is 11.8 Å². The highest BCUT2D eigenvalue weighted by Gasteiger charge is 2.17. The number of fused-ring (bicyclic) bond motifs is 1. The summed E-state index contributed by atoms with van der Waals surface area (Å²) in [7, 11) is 0. The molecule has 0 aliphatic carbocycles. The van der Waals surface area contributed by atoms with Gasteiger partial charge in [-0.25, -0.2) is 4.98 Å². The van der Waals surface area contributed by atoms with Crippen LogP contribution < -0.4 is 5.73 Å². The summed E-state index contributed by atoms with van der Waals surface area (Å²) in [6.07, 6.45) is 0. The molecule has 1 heterocycles. The van der Waals surface area contributed by atoms with Crippen LogP contribution in [0.15, 0.2) is 22.6 Å². The van der Waals surface area contributed by atoms with Gasteiger partial charge in [0, 0.05) is 0 Å². The van der Waals surface area contributed by atoms with Gasteiger partial charge in [-0.3, -0.25) is 0 Å². The van der Waals surface area contributed by atoms with Gasteiger partial charge in [-0.15, -0.1) is 0 Å². The number of nitrogens with zero attached hydrogens (tertiary/aromatic N) is 1. The molecular weight excluding hydrogens is 188 g/mol. The zero-order valence-corrected chi connectivity index (χ0v) is 9.32. The van der Waals surface area contributed by atoms with Crippen molar-refractivity contribution in [1.82, 2.24) is 4.98 Å². The molecule has 1 aromatic carbocycles. The van der Waals surface area contributed by atoms with Crippen LogP contribution >= 0.6 is 0 Å². The fourth-order valence-electron chi connectivity index (χ4n) is 1.53.